The van der Waals surface area contributed by atoms with Gasteiger partial charge < -0.3 is 19.2 Å². The van der Waals surface area contributed by atoms with Gasteiger partial charge in [-0.25, -0.2) is 9.59 Å². The lowest BCUT2D eigenvalue weighted by molar-refractivity contribution is -0.124. The Hall–Kier alpha value is -3.09. The van der Waals surface area contributed by atoms with E-state index in [-0.39, 0.29) is 12.1 Å². The van der Waals surface area contributed by atoms with Crippen molar-refractivity contribution >= 4 is 17.8 Å². The first-order chi connectivity index (χ1) is 11.1. The van der Waals surface area contributed by atoms with Crippen LogP contribution in [0.5, 0.6) is 0 Å². The molecule has 1 heterocycles. The number of furan rings is 1. The number of esters is 2. The zero-order chi connectivity index (χ0) is 16.7. The molecule has 2 rings (SSSR count). The number of benzene rings is 1. The van der Waals surface area contributed by atoms with Crippen LogP contribution in [0.3, 0.4) is 0 Å². The minimum Gasteiger partial charge on any atom is -0.467 e. The van der Waals surface area contributed by atoms with Crippen LogP contribution in [-0.2, 0) is 20.8 Å². The van der Waals surface area contributed by atoms with E-state index in [1.54, 1.807) is 12.1 Å². The van der Waals surface area contributed by atoms with Gasteiger partial charge in [-0.1, -0.05) is 0 Å². The van der Waals surface area contributed by atoms with Crippen LogP contribution in [0.2, 0.25) is 0 Å². The molecule has 2 aromatic rings. The van der Waals surface area contributed by atoms with Gasteiger partial charge in [-0.05, 0) is 36.4 Å². The van der Waals surface area contributed by atoms with Crippen molar-refractivity contribution in [2.75, 3.05) is 13.7 Å². The maximum atomic E-state index is 11.8. The number of methoxy groups -OCH3 is 1. The SMILES string of the molecule is COC(=O)c1ccc(C(=O)OCC(=O)NCc2ccco2)cc1. The molecular weight excluding hydrogens is 302 g/mol. The predicted octanol–water partition coefficient (Wildman–Crippen LogP) is 1.54. The van der Waals surface area contributed by atoms with E-state index in [0.29, 0.717) is 11.3 Å². The molecule has 0 atom stereocenters. The number of rotatable bonds is 6. The quantitative estimate of drug-likeness (QED) is 0.812. The summed E-state index contributed by atoms with van der Waals surface area (Å²) in [5, 5.41) is 2.55. The second-order valence-corrected chi connectivity index (χ2v) is 4.50. The fourth-order valence-corrected chi connectivity index (χ4v) is 1.72. The Kier molecular flexibility index (Phi) is 5.51. The van der Waals surface area contributed by atoms with Crippen LogP contribution in [-0.4, -0.2) is 31.6 Å². The van der Waals surface area contributed by atoms with Crippen LogP contribution in [0.1, 0.15) is 26.5 Å². The molecule has 0 aliphatic rings. The fraction of sp³-hybridized carbons (Fsp3) is 0.188. The van der Waals surface area contributed by atoms with E-state index in [1.165, 1.54) is 37.6 Å². The summed E-state index contributed by atoms with van der Waals surface area (Å²) in [6.07, 6.45) is 1.50. The van der Waals surface area contributed by atoms with Gasteiger partial charge in [0.05, 0.1) is 31.0 Å². The molecule has 1 amide bonds. The van der Waals surface area contributed by atoms with Gasteiger partial charge in [-0.15, -0.1) is 0 Å². The van der Waals surface area contributed by atoms with Gasteiger partial charge in [0.1, 0.15) is 5.76 Å². The molecule has 0 radical (unpaired) electrons. The highest BCUT2D eigenvalue weighted by atomic mass is 16.5. The first-order valence-electron chi connectivity index (χ1n) is 6.74. The molecule has 0 bridgehead atoms. The minimum atomic E-state index is -0.658. The molecule has 0 spiro atoms. The number of hydrogen-bond donors (Lipinski definition) is 1. The Morgan fingerprint density at radius 1 is 1.04 bits per heavy atom. The van der Waals surface area contributed by atoms with Crippen LogP contribution < -0.4 is 5.32 Å². The van der Waals surface area contributed by atoms with Crippen molar-refractivity contribution in [2.45, 2.75) is 6.54 Å². The van der Waals surface area contributed by atoms with Crippen LogP contribution >= 0.6 is 0 Å². The third-order valence-electron chi connectivity index (χ3n) is 2.92. The van der Waals surface area contributed by atoms with E-state index in [0.717, 1.165) is 0 Å². The van der Waals surface area contributed by atoms with Gasteiger partial charge in [-0.3, -0.25) is 4.79 Å². The summed E-state index contributed by atoms with van der Waals surface area (Å²) in [5.41, 5.74) is 0.553. The Bertz CT molecular complexity index is 675. The molecule has 1 aromatic heterocycles. The van der Waals surface area contributed by atoms with Gasteiger partial charge in [0.25, 0.3) is 5.91 Å². The van der Waals surface area contributed by atoms with Crippen LogP contribution in [0.15, 0.2) is 47.1 Å². The van der Waals surface area contributed by atoms with E-state index in [2.05, 4.69) is 10.1 Å². The summed E-state index contributed by atoms with van der Waals surface area (Å²) in [6.45, 7) is -0.185. The summed E-state index contributed by atoms with van der Waals surface area (Å²) >= 11 is 0. The molecule has 7 nitrogen and oxygen atoms in total. The van der Waals surface area contributed by atoms with Gasteiger partial charge in [0.2, 0.25) is 0 Å². The van der Waals surface area contributed by atoms with Crippen molar-refractivity contribution in [3.05, 3.63) is 59.5 Å². The van der Waals surface area contributed by atoms with Crippen molar-refractivity contribution in [3.8, 4) is 0 Å². The smallest absolute Gasteiger partial charge is 0.338 e. The molecule has 1 aromatic carbocycles. The van der Waals surface area contributed by atoms with Crippen LogP contribution in [0.25, 0.3) is 0 Å². The summed E-state index contributed by atoms with van der Waals surface area (Å²) in [4.78, 5) is 34.6. The first-order valence-corrected chi connectivity index (χ1v) is 6.74. The average molecular weight is 317 g/mol. The summed E-state index contributed by atoms with van der Waals surface area (Å²) in [6, 6.07) is 9.16. The van der Waals surface area contributed by atoms with Gasteiger partial charge in [0, 0.05) is 0 Å². The molecule has 1 N–H and O–H groups in total. The zero-order valence-electron chi connectivity index (χ0n) is 12.4. The molecule has 0 fully saturated rings. The first kappa shape index (κ1) is 16.3. The molecule has 0 aliphatic carbocycles. The van der Waals surface area contributed by atoms with Crippen LogP contribution in [0.4, 0.5) is 0 Å². The highest BCUT2D eigenvalue weighted by molar-refractivity contribution is 5.94. The number of hydrogen-bond acceptors (Lipinski definition) is 6. The van der Waals surface area contributed by atoms with Crippen molar-refractivity contribution in [3.63, 3.8) is 0 Å². The van der Waals surface area contributed by atoms with Gasteiger partial charge >= 0.3 is 11.9 Å². The maximum Gasteiger partial charge on any atom is 0.338 e. The second-order valence-electron chi connectivity index (χ2n) is 4.50. The van der Waals surface area contributed by atoms with E-state index < -0.39 is 24.5 Å². The number of nitrogens with one attached hydrogen (secondary N) is 1. The maximum absolute atomic E-state index is 11.8. The Morgan fingerprint density at radius 3 is 2.26 bits per heavy atom. The molecule has 0 aliphatic heterocycles. The fourth-order valence-electron chi connectivity index (χ4n) is 1.72. The highest BCUT2D eigenvalue weighted by Crippen LogP contribution is 2.07. The third-order valence-corrected chi connectivity index (χ3v) is 2.92. The standard InChI is InChI=1S/C16H15NO6/c1-21-15(19)11-4-6-12(7-5-11)16(20)23-10-14(18)17-9-13-3-2-8-22-13/h2-8H,9-10H2,1H3,(H,17,18). The van der Waals surface area contributed by atoms with Gasteiger partial charge in [-0.2, -0.15) is 0 Å². The van der Waals surface area contributed by atoms with Crippen molar-refractivity contribution in [2.24, 2.45) is 0 Å². The van der Waals surface area contributed by atoms with Crippen molar-refractivity contribution in [1.29, 1.82) is 0 Å². The van der Waals surface area contributed by atoms with Gasteiger partial charge in [0.15, 0.2) is 6.61 Å². The summed E-state index contributed by atoms with van der Waals surface area (Å²) < 4.78 is 14.5. The number of ether oxygens (including phenoxy) is 2. The van der Waals surface area contributed by atoms with E-state index >= 15 is 0 Å². The lowest BCUT2D eigenvalue weighted by Crippen LogP contribution is -2.28. The third kappa shape index (κ3) is 4.70. The van der Waals surface area contributed by atoms with Crippen molar-refractivity contribution < 1.29 is 28.3 Å². The Morgan fingerprint density at radius 2 is 1.70 bits per heavy atom. The summed E-state index contributed by atoms with van der Waals surface area (Å²) in [5.74, 6) is -0.999. The molecule has 7 heteroatoms. The monoisotopic (exact) mass is 317 g/mol. The Balaban J connectivity index is 1.79. The van der Waals surface area contributed by atoms with E-state index in [9.17, 15) is 14.4 Å². The minimum absolute atomic E-state index is 0.219. The lowest BCUT2D eigenvalue weighted by Gasteiger charge is -2.06. The molecule has 0 saturated heterocycles. The highest BCUT2D eigenvalue weighted by Gasteiger charge is 2.12. The predicted molar refractivity (Wildman–Crippen MR) is 78.6 cm³/mol. The number of carbonyl (C=O) groups excluding carboxylic acids is 3. The Labute approximate surface area is 132 Å². The van der Waals surface area contributed by atoms with Crippen molar-refractivity contribution in [1.82, 2.24) is 5.32 Å². The van der Waals surface area contributed by atoms with Crippen LogP contribution in [0, 0.1) is 0 Å². The molecular formula is C16H15NO6. The second kappa shape index (κ2) is 7.79. The normalized spacial score (nSPS) is 9.96. The molecule has 0 saturated carbocycles. The molecule has 23 heavy (non-hydrogen) atoms. The number of amides is 1. The zero-order valence-corrected chi connectivity index (χ0v) is 12.4. The topological polar surface area (TPSA) is 94.8 Å². The van der Waals surface area contributed by atoms with E-state index in [4.69, 9.17) is 9.15 Å². The average Bonchev–Trinajstić information content (AvgIpc) is 3.10. The molecule has 120 valence electrons. The lowest BCUT2D eigenvalue weighted by atomic mass is 10.1. The van der Waals surface area contributed by atoms with E-state index in [1.807, 2.05) is 0 Å². The largest absolute Gasteiger partial charge is 0.467 e. The summed E-state index contributed by atoms with van der Waals surface area (Å²) in [7, 11) is 1.27. The molecule has 0 unspecified atom stereocenters. The number of carbonyl (C=O) groups is 3.